The molecule has 0 radical (unpaired) electrons. The predicted octanol–water partition coefficient (Wildman–Crippen LogP) is 4.43. The van der Waals surface area contributed by atoms with E-state index in [4.69, 9.17) is 16.3 Å². The zero-order valence-corrected chi connectivity index (χ0v) is 14.2. The lowest BCUT2D eigenvalue weighted by Crippen LogP contribution is -2.19. The van der Waals surface area contributed by atoms with Crippen molar-refractivity contribution in [2.45, 2.75) is 33.9 Å². The molecule has 2 aromatic rings. The summed E-state index contributed by atoms with van der Waals surface area (Å²) >= 11 is 7.91. The van der Waals surface area contributed by atoms with Crippen molar-refractivity contribution >= 4 is 22.9 Å². The molecule has 114 valence electrons. The van der Waals surface area contributed by atoms with E-state index in [0.29, 0.717) is 19.1 Å². The van der Waals surface area contributed by atoms with E-state index in [-0.39, 0.29) is 0 Å². The number of benzene rings is 1. The van der Waals surface area contributed by atoms with Crippen LogP contribution in [0.15, 0.2) is 23.6 Å². The van der Waals surface area contributed by atoms with Gasteiger partial charge in [-0.05, 0) is 31.5 Å². The average Bonchev–Trinajstić information content (AvgIpc) is 2.84. The normalized spacial score (nSPS) is 11.1. The van der Waals surface area contributed by atoms with Crippen LogP contribution in [0.25, 0.3) is 0 Å². The summed E-state index contributed by atoms with van der Waals surface area (Å²) in [4.78, 5) is 4.41. The molecule has 0 saturated heterocycles. The van der Waals surface area contributed by atoms with Crippen LogP contribution in [0.1, 0.15) is 30.1 Å². The topological polar surface area (TPSA) is 34.1 Å². The molecule has 21 heavy (non-hydrogen) atoms. The van der Waals surface area contributed by atoms with E-state index in [0.717, 1.165) is 33.6 Å². The van der Waals surface area contributed by atoms with E-state index in [1.54, 1.807) is 11.3 Å². The van der Waals surface area contributed by atoms with Crippen molar-refractivity contribution in [1.29, 1.82) is 0 Å². The van der Waals surface area contributed by atoms with Gasteiger partial charge in [-0.2, -0.15) is 0 Å². The highest BCUT2D eigenvalue weighted by atomic mass is 35.5. The summed E-state index contributed by atoms with van der Waals surface area (Å²) in [6.07, 6.45) is 0. The maximum Gasteiger partial charge on any atom is 0.140 e. The fourth-order valence-electron chi connectivity index (χ4n) is 1.94. The third-order valence-corrected chi connectivity index (χ3v) is 4.24. The predicted molar refractivity (Wildman–Crippen MR) is 89.2 cm³/mol. The number of hydrogen-bond donors (Lipinski definition) is 1. The molecule has 1 N–H and O–H groups in total. The Balaban J connectivity index is 2.02. The molecule has 0 aliphatic carbocycles. The van der Waals surface area contributed by atoms with Crippen molar-refractivity contribution in [2.75, 3.05) is 6.54 Å². The maximum absolute atomic E-state index is 6.30. The van der Waals surface area contributed by atoms with Crippen LogP contribution < -0.4 is 10.1 Å². The van der Waals surface area contributed by atoms with Crippen molar-refractivity contribution in [3.8, 4) is 5.75 Å². The minimum atomic E-state index is 0.482. The number of aryl methyl sites for hydroxylation is 1. The van der Waals surface area contributed by atoms with Crippen LogP contribution in [0, 0.1) is 12.8 Å². The van der Waals surface area contributed by atoms with E-state index < -0.39 is 0 Å². The standard InChI is InChI=1S/C16H21ClN2OS/c1-11(2)7-18-8-13-14(17)5-4-6-15(13)20-9-16-19-12(3)10-21-16/h4-6,10-11,18H,7-9H2,1-3H3. The molecule has 1 heterocycles. The number of ether oxygens (including phenoxy) is 1. The van der Waals surface area contributed by atoms with Gasteiger partial charge in [0.1, 0.15) is 17.4 Å². The zero-order chi connectivity index (χ0) is 15.2. The molecular weight excluding hydrogens is 304 g/mol. The van der Waals surface area contributed by atoms with E-state index in [9.17, 15) is 0 Å². The highest BCUT2D eigenvalue weighted by Crippen LogP contribution is 2.27. The fraction of sp³-hybridized carbons (Fsp3) is 0.438. The van der Waals surface area contributed by atoms with Crippen LogP contribution in [-0.4, -0.2) is 11.5 Å². The Morgan fingerprint density at radius 2 is 2.19 bits per heavy atom. The number of nitrogens with zero attached hydrogens (tertiary/aromatic N) is 1. The summed E-state index contributed by atoms with van der Waals surface area (Å²) in [5.41, 5.74) is 2.04. The Bertz CT molecular complexity index is 583. The number of thiazole rings is 1. The number of hydrogen-bond acceptors (Lipinski definition) is 4. The van der Waals surface area contributed by atoms with Gasteiger partial charge in [-0.1, -0.05) is 31.5 Å². The van der Waals surface area contributed by atoms with E-state index in [1.807, 2.05) is 30.5 Å². The molecule has 0 bridgehead atoms. The Morgan fingerprint density at radius 1 is 1.38 bits per heavy atom. The lowest BCUT2D eigenvalue weighted by Gasteiger charge is -2.14. The molecule has 3 nitrogen and oxygen atoms in total. The first-order valence-corrected chi connectivity index (χ1v) is 8.34. The van der Waals surface area contributed by atoms with Gasteiger partial charge >= 0.3 is 0 Å². The van der Waals surface area contributed by atoms with E-state index >= 15 is 0 Å². The molecule has 0 aliphatic rings. The molecule has 0 atom stereocenters. The van der Waals surface area contributed by atoms with Crippen molar-refractivity contribution in [3.05, 3.63) is 44.9 Å². The monoisotopic (exact) mass is 324 g/mol. The highest BCUT2D eigenvalue weighted by Gasteiger charge is 2.09. The number of nitrogens with one attached hydrogen (secondary N) is 1. The first-order chi connectivity index (χ1) is 10.1. The fourth-order valence-corrected chi connectivity index (χ4v) is 2.86. The molecular formula is C16H21ClN2OS. The van der Waals surface area contributed by atoms with Gasteiger partial charge < -0.3 is 10.1 Å². The van der Waals surface area contributed by atoms with Crippen LogP contribution >= 0.6 is 22.9 Å². The second-order valence-electron chi connectivity index (χ2n) is 5.41. The number of halogens is 1. The van der Waals surface area contributed by atoms with Gasteiger partial charge in [0.25, 0.3) is 0 Å². The van der Waals surface area contributed by atoms with Gasteiger partial charge in [-0.15, -0.1) is 11.3 Å². The Morgan fingerprint density at radius 3 is 2.86 bits per heavy atom. The molecule has 1 aromatic heterocycles. The first-order valence-electron chi connectivity index (χ1n) is 7.08. The molecule has 0 saturated carbocycles. The number of rotatable bonds is 7. The van der Waals surface area contributed by atoms with Gasteiger partial charge in [0.05, 0.1) is 0 Å². The highest BCUT2D eigenvalue weighted by molar-refractivity contribution is 7.09. The molecule has 1 aromatic carbocycles. The van der Waals surface area contributed by atoms with Crippen LogP contribution in [0.3, 0.4) is 0 Å². The smallest absolute Gasteiger partial charge is 0.140 e. The summed E-state index contributed by atoms with van der Waals surface area (Å²) in [6, 6.07) is 5.77. The van der Waals surface area contributed by atoms with E-state index in [1.165, 1.54) is 0 Å². The Labute approximate surface area is 135 Å². The van der Waals surface area contributed by atoms with Crippen molar-refractivity contribution in [1.82, 2.24) is 10.3 Å². The van der Waals surface area contributed by atoms with Crippen LogP contribution in [0.5, 0.6) is 5.75 Å². The SMILES string of the molecule is Cc1csc(COc2cccc(Cl)c2CNCC(C)C)n1. The molecule has 0 aliphatic heterocycles. The second kappa shape index (κ2) is 7.78. The van der Waals surface area contributed by atoms with Crippen LogP contribution in [0.2, 0.25) is 5.02 Å². The molecule has 0 amide bonds. The van der Waals surface area contributed by atoms with Crippen molar-refractivity contribution < 1.29 is 4.74 Å². The van der Waals surface area contributed by atoms with Crippen LogP contribution in [0.4, 0.5) is 0 Å². The van der Waals surface area contributed by atoms with Crippen molar-refractivity contribution in [2.24, 2.45) is 5.92 Å². The van der Waals surface area contributed by atoms with Gasteiger partial charge in [0, 0.05) is 28.2 Å². The quantitative estimate of drug-likeness (QED) is 0.818. The third-order valence-electron chi connectivity index (χ3n) is 2.95. The summed E-state index contributed by atoms with van der Waals surface area (Å²) < 4.78 is 5.90. The summed E-state index contributed by atoms with van der Waals surface area (Å²) in [7, 11) is 0. The molecule has 2 rings (SSSR count). The van der Waals surface area contributed by atoms with Gasteiger partial charge in [-0.25, -0.2) is 4.98 Å². The van der Waals surface area contributed by atoms with E-state index in [2.05, 4.69) is 24.1 Å². The molecule has 0 unspecified atom stereocenters. The largest absolute Gasteiger partial charge is 0.486 e. The lowest BCUT2D eigenvalue weighted by molar-refractivity contribution is 0.301. The minimum Gasteiger partial charge on any atom is -0.486 e. The molecule has 5 heteroatoms. The van der Waals surface area contributed by atoms with Gasteiger partial charge in [-0.3, -0.25) is 0 Å². The Kier molecular flexibility index (Phi) is 6.03. The second-order valence-corrected chi connectivity index (χ2v) is 6.76. The number of aromatic nitrogens is 1. The van der Waals surface area contributed by atoms with Gasteiger partial charge in [0.15, 0.2) is 0 Å². The summed E-state index contributed by atoms with van der Waals surface area (Å²) in [6.45, 7) is 8.50. The van der Waals surface area contributed by atoms with Crippen molar-refractivity contribution in [3.63, 3.8) is 0 Å². The van der Waals surface area contributed by atoms with Crippen LogP contribution in [-0.2, 0) is 13.2 Å². The third kappa shape index (κ3) is 4.99. The molecule has 0 fully saturated rings. The Hall–Kier alpha value is -1.10. The zero-order valence-electron chi connectivity index (χ0n) is 12.6. The maximum atomic E-state index is 6.30. The minimum absolute atomic E-state index is 0.482. The molecule has 0 spiro atoms. The lowest BCUT2D eigenvalue weighted by atomic mass is 10.1. The first kappa shape index (κ1) is 16.3. The summed E-state index contributed by atoms with van der Waals surface area (Å²) in [5, 5.41) is 7.15. The summed E-state index contributed by atoms with van der Waals surface area (Å²) in [5.74, 6) is 1.43. The average molecular weight is 325 g/mol. The van der Waals surface area contributed by atoms with Gasteiger partial charge in [0.2, 0.25) is 0 Å².